The van der Waals surface area contributed by atoms with E-state index in [1.54, 1.807) is 0 Å². The van der Waals surface area contributed by atoms with Gasteiger partial charge in [0.25, 0.3) is 0 Å². The number of hydrogen-bond donors (Lipinski definition) is 5. The normalized spacial score (nSPS) is 44.0. The third-order valence-electron chi connectivity index (χ3n) is 4.50. The van der Waals surface area contributed by atoms with Crippen LogP contribution in [0.1, 0.15) is 0 Å². The summed E-state index contributed by atoms with van der Waals surface area (Å²) < 4.78 is 29.6. The maximum absolute atomic E-state index is 12.0. The fourth-order valence-corrected chi connectivity index (χ4v) is 2.92. The molecular formula is C15H24O13. The molecule has 5 N–H and O–H groups in total. The summed E-state index contributed by atoms with van der Waals surface area (Å²) >= 11 is 0. The Morgan fingerprint density at radius 2 is 1.18 bits per heavy atom. The van der Waals surface area contributed by atoms with Gasteiger partial charge >= 0.3 is 11.9 Å². The molecule has 0 radical (unpaired) electrons. The molecule has 0 aliphatic carbocycles. The molecule has 2 rings (SSSR count). The second-order valence-electron chi connectivity index (χ2n) is 6.19. The van der Waals surface area contributed by atoms with Crippen LogP contribution in [-0.4, -0.2) is 120 Å². The van der Waals surface area contributed by atoms with Crippen molar-refractivity contribution in [1.82, 2.24) is 0 Å². The van der Waals surface area contributed by atoms with Gasteiger partial charge in [0.05, 0.1) is 14.2 Å². The van der Waals surface area contributed by atoms with E-state index in [9.17, 15) is 35.1 Å². The van der Waals surface area contributed by atoms with Crippen molar-refractivity contribution in [3.8, 4) is 0 Å². The Morgan fingerprint density at radius 3 is 1.71 bits per heavy atom. The number of aliphatic hydroxyl groups excluding tert-OH is 5. The molecule has 2 aliphatic rings. The second kappa shape index (κ2) is 9.39. The first-order valence-electron chi connectivity index (χ1n) is 8.23. The molecule has 2 aliphatic heterocycles. The van der Waals surface area contributed by atoms with Crippen LogP contribution in [0.2, 0.25) is 0 Å². The van der Waals surface area contributed by atoms with Gasteiger partial charge in [-0.3, -0.25) is 0 Å². The molecule has 13 nitrogen and oxygen atoms in total. The zero-order valence-corrected chi connectivity index (χ0v) is 15.3. The molecule has 0 aromatic heterocycles. The summed E-state index contributed by atoms with van der Waals surface area (Å²) in [4.78, 5) is 23.7. The standard InChI is InChI=1S/C15H24O13/c1-23-12(21)10-5(17)4(16)7(19)15(27-10)26-9-6(18)8(20)14(25-3)28-11(9)13(22)24-2/h4-11,14-20H,1-3H3/t4-,5-,6+,7+,8+,9-,10-,11-,14+,15+/m0/s1. The van der Waals surface area contributed by atoms with Gasteiger partial charge in [-0.25, -0.2) is 9.59 Å². The molecule has 0 aromatic rings. The van der Waals surface area contributed by atoms with Gasteiger partial charge in [0, 0.05) is 7.11 Å². The molecule has 0 unspecified atom stereocenters. The molecule has 0 amide bonds. The summed E-state index contributed by atoms with van der Waals surface area (Å²) in [6.45, 7) is 0. The minimum atomic E-state index is -1.88. The van der Waals surface area contributed by atoms with Gasteiger partial charge < -0.3 is 54.0 Å². The van der Waals surface area contributed by atoms with Crippen LogP contribution in [0.5, 0.6) is 0 Å². The van der Waals surface area contributed by atoms with Crippen LogP contribution in [0.15, 0.2) is 0 Å². The predicted molar refractivity (Wildman–Crippen MR) is 83.3 cm³/mol. The smallest absolute Gasteiger partial charge is 0.337 e. The van der Waals surface area contributed by atoms with Crippen molar-refractivity contribution in [2.45, 2.75) is 61.4 Å². The third-order valence-corrected chi connectivity index (χ3v) is 4.50. The Morgan fingerprint density at radius 1 is 0.679 bits per heavy atom. The predicted octanol–water partition coefficient (Wildman–Crippen LogP) is -4.38. The van der Waals surface area contributed by atoms with Crippen LogP contribution in [0.3, 0.4) is 0 Å². The monoisotopic (exact) mass is 412 g/mol. The zero-order chi connectivity index (χ0) is 21.2. The van der Waals surface area contributed by atoms with Gasteiger partial charge in [-0.15, -0.1) is 0 Å². The van der Waals surface area contributed by atoms with Crippen molar-refractivity contribution in [3.05, 3.63) is 0 Å². The first kappa shape index (κ1) is 22.9. The van der Waals surface area contributed by atoms with E-state index >= 15 is 0 Å². The number of carbonyl (C=O) groups excluding carboxylic acids is 2. The molecule has 2 saturated heterocycles. The van der Waals surface area contributed by atoms with Gasteiger partial charge in [-0.1, -0.05) is 0 Å². The highest BCUT2D eigenvalue weighted by Gasteiger charge is 2.54. The molecule has 28 heavy (non-hydrogen) atoms. The Balaban J connectivity index is 2.25. The zero-order valence-electron chi connectivity index (χ0n) is 15.3. The van der Waals surface area contributed by atoms with Gasteiger partial charge in [-0.05, 0) is 0 Å². The number of ether oxygens (including phenoxy) is 6. The van der Waals surface area contributed by atoms with Crippen molar-refractivity contribution >= 4 is 11.9 Å². The van der Waals surface area contributed by atoms with Crippen molar-refractivity contribution in [2.75, 3.05) is 21.3 Å². The van der Waals surface area contributed by atoms with E-state index in [1.165, 1.54) is 7.11 Å². The number of aliphatic hydroxyl groups is 5. The van der Waals surface area contributed by atoms with Crippen LogP contribution in [0.25, 0.3) is 0 Å². The lowest BCUT2D eigenvalue weighted by Gasteiger charge is -2.44. The van der Waals surface area contributed by atoms with Crippen LogP contribution in [-0.2, 0) is 38.0 Å². The highest BCUT2D eigenvalue weighted by atomic mass is 16.7. The summed E-state index contributed by atoms with van der Waals surface area (Å²) in [5, 5.41) is 50.3. The van der Waals surface area contributed by atoms with E-state index < -0.39 is 73.4 Å². The summed E-state index contributed by atoms with van der Waals surface area (Å²) in [5.41, 5.74) is 0. The Kier molecular flexibility index (Phi) is 7.66. The van der Waals surface area contributed by atoms with Gasteiger partial charge in [-0.2, -0.15) is 0 Å². The van der Waals surface area contributed by atoms with Crippen LogP contribution in [0, 0.1) is 0 Å². The fourth-order valence-electron chi connectivity index (χ4n) is 2.92. The molecule has 0 saturated carbocycles. The second-order valence-corrected chi connectivity index (χ2v) is 6.19. The number of methoxy groups -OCH3 is 3. The van der Waals surface area contributed by atoms with E-state index in [4.69, 9.17) is 18.9 Å². The average Bonchev–Trinajstić information content (AvgIpc) is 2.70. The topological polar surface area (TPSA) is 191 Å². The van der Waals surface area contributed by atoms with Crippen molar-refractivity contribution in [3.63, 3.8) is 0 Å². The van der Waals surface area contributed by atoms with Gasteiger partial charge in [0.2, 0.25) is 0 Å². The van der Waals surface area contributed by atoms with E-state index in [0.717, 1.165) is 14.2 Å². The van der Waals surface area contributed by atoms with E-state index in [0.29, 0.717) is 0 Å². The quantitative estimate of drug-likeness (QED) is 0.272. The molecule has 0 bridgehead atoms. The van der Waals surface area contributed by atoms with Crippen LogP contribution in [0.4, 0.5) is 0 Å². The van der Waals surface area contributed by atoms with Crippen LogP contribution < -0.4 is 0 Å². The average molecular weight is 412 g/mol. The van der Waals surface area contributed by atoms with Crippen molar-refractivity contribution in [2.24, 2.45) is 0 Å². The lowest BCUT2D eigenvalue weighted by Crippen LogP contribution is -2.65. The fraction of sp³-hybridized carbons (Fsp3) is 0.867. The Hall–Kier alpha value is -1.42. The maximum atomic E-state index is 12.0. The number of carbonyl (C=O) groups is 2. The molecule has 162 valence electrons. The van der Waals surface area contributed by atoms with E-state index in [2.05, 4.69) is 9.47 Å². The van der Waals surface area contributed by atoms with Gasteiger partial charge in [0.15, 0.2) is 24.8 Å². The summed E-state index contributed by atoms with van der Waals surface area (Å²) in [5.74, 6) is -2.05. The largest absolute Gasteiger partial charge is 0.467 e. The highest BCUT2D eigenvalue weighted by molar-refractivity contribution is 5.76. The van der Waals surface area contributed by atoms with Crippen molar-refractivity contribution in [1.29, 1.82) is 0 Å². The molecule has 0 spiro atoms. The third kappa shape index (κ3) is 4.27. The number of esters is 2. The maximum Gasteiger partial charge on any atom is 0.337 e. The molecule has 2 heterocycles. The molecule has 0 aromatic carbocycles. The first-order chi connectivity index (χ1) is 13.2. The first-order valence-corrected chi connectivity index (χ1v) is 8.23. The SMILES string of the molecule is COC(=O)[C@H]1O[C@@H](O[C@H]2[C@H](O)[C@@H](O)[C@H](OC)O[C@@H]2C(=O)OC)[C@H](O)[C@@H](O)[C@@H]1O. The Bertz CT molecular complexity index is 556. The Labute approximate surface area is 159 Å². The van der Waals surface area contributed by atoms with E-state index in [1.807, 2.05) is 0 Å². The summed E-state index contributed by atoms with van der Waals surface area (Å²) in [7, 11) is 3.23. The minimum absolute atomic E-state index is 0.992. The molecular weight excluding hydrogens is 388 g/mol. The van der Waals surface area contributed by atoms with Crippen LogP contribution >= 0.6 is 0 Å². The molecule has 13 heteroatoms. The lowest BCUT2D eigenvalue weighted by atomic mass is 9.96. The molecule has 2 fully saturated rings. The van der Waals surface area contributed by atoms with E-state index in [-0.39, 0.29) is 0 Å². The highest BCUT2D eigenvalue weighted by Crippen LogP contribution is 2.30. The summed E-state index contributed by atoms with van der Waals surface area (Å²) in [6.07, 6.45) is -17.1. The number of hydrogen-bond acceptors (Lipinski definition) is 13. The number of rotatable bonds is 5. The lowest BCUT2D eigenvalue weighted by molar-refractivity contribution is -0.348. The van der Waals surface area contributed by atoms with Crippen molar-refractivity contribution < 1.29 is 63.5 Å². The summed E-state index contributed by atoms with van der Waals surface area (Å²) in [6, 6.07) is 0. The molecule has 10 atom stereocenters. The van der Waals surface area contributed by atoms with Gasteiger partial charge in [0.1, 0.15) is 36.6 Å². The minimum Gasteiger partial charge on any atom is -0.467 e.